The molecule has 0 aliphatic rings. The average molecular weight is 314 g/mol. The molecule has 0 unspecified atom stereocenters. The van der Waals surface area contributed by atoms with Gasteiger partial charge in [0.15, 0.2) is 0 Å². The lowest BCUT2D eigenvalue weighted by Crippen LogP contribution is -1.79. The van der Waals surface area contributed by atoms with Crippen LogP contribution < -0.4 is 0 Å². The van der Waals surface area contributed by atoms with Gasteiger partial charge in [-0.15, -0.1) is 11.8 Å². The second-order valence-electron chi connectivity index (χ2n) is 3.37. The molecule has 0 fully saturated rings. The van der Waals surface area contributed by atoms with Gasteiger partial charge in [-0.25, -0.2) is 0 Å². The molecule has 3 heteroatoms. The van der Waals surface area contributed by atoms with Gasteiger partial charge in [0.25, 0.3) is 0 Å². The highest BCUT2D eigenvalue weighted by atomic mass is 79.9. The Morgan fingerprint density at radius 3 is 2.50 bits per heavy atom. The van der Waals surface area contributed by atoms with Crippen molar-refractivity contribution in [2.45, 2.75) is 10.6 Å². The van der Waals surface area contributed by atoms with Gasteiger partial charge in [0, 0.05) is 20.1 Å². The van der Waals surface area contributed by atoms with Crippen molar-refractivity contribution in [3.63, 3.8) is 0 Å². The maximum atomic E-state index is 5.93. The van der Waals surface area contributed by atoms with Crippen LogP contribution in [0, 0.1) is 0 Å². The van der Waals surface area contributed by atoms with Crippen molar-refractivity contribution in [3.05, 3.63) is 63.6 Å². The minimum absolute atomic E-state index is 0.792. The minimum atomic E-state index is 0.792. The summed E-state index contributed by atoms with van der Waals surface area (Å²) in [6.07, 6.45) is 0. The normalized spacial score (nSPS) is 10.4. The van der Waals surface area contributed by atoms with Gasteiger partial charge in [-0.05, 0) is 35.9 Å². The maximum Gasteiger partial charge on any atom is 0.0417 e. The molecule has 0 saturated carbocycles. The van der Waals surface area contributed by atoms with Crippen LogP contribution in [0.25, 0.3) is 0 Å². The molecule has 2 rings (SSSR count). The van der Waals surface area contributed by atoms with Gasteiger partial charge in [0.1, 0.15) is 0 Å². The monoisotopic (exact) mass is 312 g/mol. The molecule has 2 aromatic rings. The van der Waals surface area contributed by atoms with Gasteiger partial charge in [-0.1, -0.05) is 45.7 Å². The van der Waals surface area contributed by atoms with Gasteiger partial charge in [0.05, 0.1) is 0 Å². The SMILES string of the molecule is Clc1cccc(SCc2ccc(Br)cc2)c1. The third-order valence-electron chi connectivity index (χ3n) is 2.11. The predicted octanol–water partition coefficient (Wildman–Crippen LogP) is 5.39. The first-order chi connectivity index (χ1) is 7.74. The van der Waals surface area contributed by atoms with Gasteiger partial charge >= 0.3 is 0 Å². The molecule has 0 N–H and O–H groups in total. The summed E-state index contributed by atoms with van der Waals surface area (Å²) in [5.41, 5.74) is 1.31. The third kappa shape index (κ3) is 3.55. The summed E-state index contributed by atoms with van der Waals surface area (Å²) < 4.78 is 1.11. The van der Waals surface area contributed by atoms with E-state index >= 15 is 0 Å². The van der Waals surface area contributed by atoms with E-state index in [1.54, 1.807) is 11.8 Å². The summed E-state index contributed by atoms with van der Waals surface area (Å²) in [6, 6.07) is 16.3. The van der Waals surface area contributed by atoms with Crippen molar-refractivity contribution in [1.82, 2.24) is 0 Å². The second-order valence-corrected chi connectivity index (χ2v) is 5.77. The van der Waals surface area contributed by atoms with Gasteiger partial charge < -0.3 is 0 Å². The molecule has 0 aliphatic carbocycles. The highest BCUT2D eigenvalue weighted by molar-refractivity contribution is 9.10. The van der Waals surface area contributed by atoms with E-state index in [-0.39, 0.29) is 0 Å². The molecule has 0 saturated heterocycles. The summed E-state index contributed by atoms with van der Waals surface area (Å²) in [4.78, 5) is 1.20. The standard InChI is InChI=1S/C13H10BrClS/c14-11-6-4-10(5-7-11)9-16-13-3-1-2-12(15)8-13/h1-8H,9H2. The van der Waals surface area contributed by atoms with E-state index in [4.69, 9.17) is 11.6 Å². The first kappa shape index (κ1) is 12.0. The van der Waals surface area contributed by atoms with Crippen molar-refractivity contribution in [2.75, 3.05) is 0 Å². The fourth-order valence-corrected chi connectivity index (χ4v) is 2.73. The van der Waals surface area contributed by atoms with E-state index < -0.39 is 0 Å². The number of halogens is 2. The summed E-state index contributed by atoms with van der Waals surface area (Å²) in [5, 5.41) is 0.792. The van der Waals surface area contributed by atoms with Crippen LogP contribution in [-0.2, 0) is 5.75 Å². The first-order valence-electron chi connectivity index (χ1n) is 4.87. The number of hydrogen-bond donors (Lipinski definition) is 0. The fourth-order valence-electron chi connectivity index (χ4n) is 1.30. The van der Waals surface area contributed by atoms with Crippen LogP contribution in [0.15, 0.2) is 57.9 Å². The predicted molar refractivity (Wildman–Crippen MR) is 75.2 cm³/mol. The molecule has 0 atom stereocenters. The molecule has 0 amide bonds. The zero-order valence-corrected chi connectivity index (χ0v) is 11.6. The molecule has 0 spiro atoms. The summed E-state index contributed by atoms with van der Waals surface area (Å²) in [6.45, 7) is 0. The van der Waals surface area contributed by atoms with Crippen LogP contribution in [0.5, 0.6) is 0 Å². The number of benzene rings is 2. The minimum Gasteiger partial charge on any atom is -0.121 e. The molecule has 0 aromatic heterocycles. The highest BCUT2D eigenvalue weighted by Gasteiger charge is 1.97. The Labute approximate surface area is 113 Å². The molecule has 16 heavy (non-hydrogen) atoms. The maximum absolute atomic E-state index is 5.93. The average Bonchev–Trinajstić information content (AvgIpc) is 2.28. The van der Waals surface area contributed by atoms with E-state index in [2.05, 4.69) is 46.3 Å². The molecular formula is C13H10BrClS. The van der Waals surface area contributed by atoms with Crippen molar-refractivity contribution in [1.29, 1.82) is 0 Å². The zero-order valence-electron chi connectivity index (χ0n) is 8.49. The molecule has 0 aliphatic heterocycles. The van der Waals surface area contributed by atoms with Crippen molar-refractivity contribution < 1.29 is 0 Å². The van der Waals surface area contributed by atoms with Gasteiger partial charge in [-0.3, -0.25) is 0 Å². The van der Waals surface area contributed by atoms with E-state index in [1.807, 2.05) is 18.2 Å². The van der Waals surface area contributed by atoms with Gasteiger partial charge in [0.2, 0.25) is 0 Å². The lowest BCUT2D eigenvalue weighted by atomic mass is 10.2. The molecular weight excluding hydrogens is 304 g/mol. The number of hydrogen-bond acceptors (Lipinski definition) is 1. The van der Waals surface area contributed by atoms with E-state index in [9.17, 15) is 0 Å². The Morgan fingerprint density at radius 1 is 1.06 bits per heavy atom. The number of thioether (sulfide) groups is 1. The van der Waals surface area contributed by atoms with Crippen LogP contribution in [0.3, 0.4) is 0 Å². The van der Waals surface area contributed by atoms with Crippen molar-refractivity contribution >= 4 is 39.3 Å². The lowest BCUT2D eigenvalue weighted by molar-refractivity contribution is 1.37. The molecule has 0 bridgehead atoms. The topological polar surface area (TPSA) is 0 Å². The molecule has 2 aromatic carbocycles. The fraction of sp³-hybridized carbons (Fsp3) is 0.0769. The Balaban J connectivity index is 1.99. The summed E-state index contributed by atoms with van der Waals surface area (Å²) in [7, 11) is 0. The molecule has 0 radical (unpaired) electrons. The Bertz CT molecular complexity index is 468. The number of rotatable bonds is 3. The molecule has 0 heterocycles. The van der Waals surface area contributed by atoms with Crippen LogP contribution in [0.2, 0.25) is 5.02 Å². The van der Waals surface area contributed by atoms with E-state index in [0.29, 0.717) is 0 Å². The van der Waals surface area contributed by atoms with E-state index in [1.165, 1.54) is 10.5 Å². The Kier molecular flexibility index (Phi) is 4.33. The van der Waals surface area contributed by atoms with Crippen LogP contribution in [-0.4, -0.2) is 0 Å². The lowest BCUT2D eigenvalue weighted by Gasteiger charge is -2.02. The second kappa shape index (κ2) is 5.76. The van der Waals surface area contributed by atoms with Crippen LogP contribution in [0.4, 0.5) is 0 Å². The first-order valence-corrected chi connectivity index (χ1v) is 7.02. The van der Waals surface area contributed by atoms with Gasteiger partial charge in [-0.2, -0.15) is 0 Å². The van der Waals surface area contributed by atoms with Crippen molar-refractivity contribution in [2.24, 2.45) is 0 Å². The zero-order chi connectivity index (χ0) is 11.4. The molecule has 82 valence electrons. The highest BCUT2D eigenvalue weighted by Crippen LogP contribution is 2.25. The summed E-state index contributed by atoms with van der Waals surface area (Å²) >= 11 is 11.1. The Hall–Kier alpha value is -0.440. The summed E-state index contributed by atoms with van der Waals surface area (Å²) in [5.74, 6) is 0.966. The van der Waals surface area contributed by atoms with Crippen LogP contribution in [0.1, 0.15) is 5.56 Å². The Morgan fingerprint density at radius 2 is 1.81 bits per heavy atom. The largest absolute Gasteiger partial charge is 0.121 e. The van der Waals surface area contributed by atoms with Crippen LogP contribution >= 0.6 is 39.3 Å². The van der Waals surface area contributed by atoms with Crippen molar-refractivity contribution in [3.8, 4) is 0 Å². The third-order valence-corrected chi connectivity index (χ3v) is 3.94. The molecule has 0 nitrogen and oxygen atoms in total. The quantitative estimate of drug-likeness (QED) is 0.684. The van der Waals surface area contributed by atoms with E-state index in [0.717, 1.165) is 15.2 Å². The smallest absolute Gasteiger partial charge is 0.0417 e.